The van der Waals surface area contributed by atoms with E-state index in [4.69, 9.17) is 0 Å². The van der Waals surface area contributed by atoms with Crippen molar-refractivity contribution in [3.05, 3.63) is 76.3 Å². The molecule has 1 aliphatic rings. The molecule has 8 heteroatoms. The summed E-state index contributed by atoms with van der Waals surface area (Å²) in [7, 11) is 1.48. The van der Waals surface area contributed by atoms with Crippen LogP contribution >= 0.6 is 0 Å². The lowest BCUT2D eigenvalue weighted by Gasteiger charge is -2.23. The monoisotopic (exact) mass is 418 g/mol. The molecule has 1 atom stereocenters. The molecule has 158 valence electrons. The summed E-state index contributed by atoms with van der Waals surface area (Å²) >= 11 is 0. The highest BCUT2D eigenvalue weighted by Gasteiger charge is 2.42. The topological polar surface area (TPSA) is 92.6 Å². The van der Waals surface area contributed by atoms with Gasteiger partial charge in [-0.1, -0.05) is 42.5 Å². The van der Waals surface area contributed by atoms with Crippen molar-refractivity contribution in [2.75, 3.05) is 7.05 Å². The quantitative estimate of drug-likeness (QED) is 0.586. The molecule has 0 unspecified atom stereocenters. The summed E-state index contributed by atoms with van der Waals surface area (Å²) in [6.45, 7) is 1.77. The van der Waals surface area contributed by atoms with Crippen LogP contribution < -0.4 is 5.56 Å². The van der Waals surface area contributed by atoms with Crippen LogP contribution in [0, 0.1) is 6.92 Å². The van der Waals surface area contributed by atoms with Crippen molar-refractivity contribution in [1.82, 2.24) is 19.4 Å². The number of nitrogens with zero attached hydrogens (tertiary/aromatic N) is 4. The fraction of sp³-hybridized carbons (Fsp3) is 0.261. The molecule has 2 heterocycles. The Morgan fingerprint density at radius 1 is 1.10 bits per heavy atom. The van der Waals surface area contributed by atoms with Crippen LogP contribution in [-0.2, 0) is 27.5 Å². The van der Waals surface area contributed by atoms with Gasteiger partial charge in [0.25, 0.3) is 11.5 Å². The van der Waals surface area contributed by atoms with E-state index in [1.807, 2.05) is 43.3 Å². The maximum atomic E-state index is 12.8. The summed E-state index contributed by atoms with van der Waals surface area (Å²) in [6, 6.07) is 13.6. The van der Waals surface area contributed by atoms with Gasteiger partial charge in [0.1, 0.15) is 12.6 Å². The number of hydrogen-bond acceptors (Lipinski definition) is 5. The number of fused-ring (bicyclic) bond motifs is 1. The highest BCUT2D eigenvalue weighted by Crippen LogP contribution is 2.21. The van der Waals surface area contributed by atoms with Gasteiger partial charge in [0.15, 0.2) is 0 Å². The van der Waals surface area contributed by atoms with Gasteiger partial charge >= 0.3 is 0 Å². The molecule has 1 aromatic heterocycles. The Kier molecular flexibility index (Phi) is 5.37. The lowest BCUT2D eigenvalue weighted by molar-refractivity contribution is -0.144. The van der Waals surface area contributed by atoms with Crippen LogP contribution in [0.25, 0.3) is 10.9 Å². The summed E-state index contributed by atoms with van der Waals surface area (Å²) in [6.07, 6.45) is 1.27. The largest absolute Gasteiger partial charge is 0.332 e. The Labute approximate surface area is 178 Å². The van der Waals surface area contributed by atoms with Crippen LogP contribution in [0.5, 0.6) is 0 Å². The Balaban J connectivity index is 1.50. The molecule has 31 heavy (non-hydrogen) atoms. The van der Waals surface area contributed by atoms with Gasteiger partial charge in [-0.05, 0) is 24.1 Å². The predicted molar refractivity (Wildman–Crippen MR) is 114 cm³/mol. The molecular formula is C23H22N4O4. The maximum absolute atomic E-state index is 12.8. The van der Waals surface area contributed by atoms with Crippen molar-refractivity contribution >= 4 is 28.6 Å². The molecule has 0 saturated carbocycles. The molecular weight excluding hydrogens is 396 g/mol. The van der Waals surface area contributed by atoms with Gasteiger partial charge in [-0.15, -0.1) is 0 Å². The number of carbonyl (C=O) groups is 3. The second-order valence-corrected chi connectivity index (χ2v) is 7.68. The van der Waals surface area contributed by atoms with E-state index < -0.39 is 17.9 Å². The molecule has 3 aromatic rings. The highest BCUT2D eigenvalue weighted by atomic mass is 16.2. The predicted octanol–water partition coefficient (Wildman–Crippen LogP) is 1.49. The molecule has 4 rings (SSSR count). The first-order valence-electron chi connectivity index (χ1n) is 9.95. The summed E-state index contributed by atoms with van der Waals surface area (Å²) in [5.41, 5.74) is 1.98. The number of likely N-dealkylation sites (N-methyl/N-ethyl adjacent to an activating group) is 1. The van der Waals surface area contributed by atoms with Crippen molar-refractivity contribution in [3.63, 3.8) is 0 Å². The van der Waals surface area contributed by atoms with Crippen molar-refractivity contribution in [2.24, 2.45) is 0 Å². The minimum atomic E-state index is -0.880. The Hall–Kier alpha value is -3.81. The minimum absolute atomic E-state index is 0.0715. The molecule has 1 saturated heterocycles. The lowest BCUT2D eigenvalue weighted by atomic mass is 10.1. The Bertz CT molecular complexity index is 1240. The fourth-order valence-electron chi connectivity index (χ4n) is 3.78. The number of hydrogen-bond donors (Lipinski definition) is 0. The molecule has 2 aromatic carbocycles. The smallest absolute Gasteiger partial charge is 0.261 e. The average Bonchev–Trinajstić information content (AvgIpc) is 3.04. The lowest BCUT2D eigenvalue weighted by Crippen LogP contribution is -2.44. The van der Waals surface area contributed by atoms with Gasteiger partial charge in [0.05, 0.1) is 30.2 Å². The normalized spacial score (nSPS) is 16.2. The van der Waals surface area contributed by atoms with Gasteiger partial charge in [-0.25, -0.2) is 4.98 Å². The van der Waals surface area contributed by atoms with Crippen LogP contribution in [0.1, 0.15) is 17.5 Å². The number of carbonyl (C=O) groups excluding carboxylic acids is 3. The summed E-state index contributed by atoms with van der Waals surface area (Å²) in [5.74, 6) is -1.17. The first-order valence-corrected chi connectivity index (χ1v) is 9.95. The first-order chi connectivity index (χ1) is 14.9. The van der Waals surface area contributed by atoms with Crippen molar-refractivity contribution in [1.29, 1.82) is 0 Å². The van der Waals surface area contributed by atoms with Gasteiger partial charge in [0.2, 0.25) is 11.8 Å². The van der Waals surface area contributed by atoms with Crippen LogP contribution in [0.4, 0.5) is 0 Å². The zero-order valence-electron chi connectivity index (χ0n) is 17.3. The van der Waals surface area contributed by atoms with Crippen molar-refractivity contribution in [3.8, 4) is 0 Å². The second kappa shape index (κ2) is 8.14. The number of likely N-dealkylation sites (tertiary alicyclic amines) is 1. The number of imide groups is 1. The third-order valence-electron chi connectivity index (χ3n) is 5.63. The molecule has 8 nitrogen and oxygen atoms in total. The summed E-state index contributed by atoms with van der Waals surface area (Å²) < 4.78 is 1.23. The van der Waals surface area contributed by atoms with E-state index in [9.17, 15) is 19.2 Å². The minimum Gasteiger partial charge on any atom is -0.332 e. The Morgan fingerprint density at radius 3 is 2.58 bits per heavy atom. The molecule has 0 radical (unpaired) electrons. The van der Waals surface area contributed by atoms with Gasteiger partial charge in [0, 0.05) is 7.05 Å². The molecule has 0 bridgehead atoms. The maximum Gasteiger partial charge on any atom is 0.261 e. The number of rotatable bonds is 5. The molecule has 0 spiro atoms. The van der Waals surface area contributed by atoms with Crippen LogP contribution in [0.15, 0.2) is 59.7 Å². The average molecular weight is 418 g/mol. The highest BCUT2D eigenvalue weighted by molar-refractivity contribution is 6.06. The molecule has 3 amide bonds. The van der Waals surface area contributed by atoms with E-state index >= 15 is 0 Å². The van der Waals surface area contributed by atoms with E-state index in [1.165, 1.54) is 27.7 Å². The van der Waals surface area contributed by atoms with Crippen molar-refractivity contribution in [2.45, 2.75) is 32.5 Å². The van der Waals surface area contributed by atoms with Crippen LogP contribution in [-0.4, -0.2) is 50.2 Å². The van der Waals surface area contributed by atoms with Gasteiger partial charge in [-0.2, -0.15) is 0 Å². The molecule has 0 aliphatic carbocycles. The number of aromatic nitrogens is 2. The Morgan fingerprint density at radius 2 is 1.84 bits per heavy atom. The van der Waals surface area contributed by atoms with Crippen LogP contribution in [0.3, 0.4) is 0 Å². The first kappa shape index (κ1) is 20.5. The van der Waals surface area contributed by atoms with E-state index in [-0.39, 0.29) is 31.0 Å². The summed E-state index contributed by atoms with van der Waals surface area (Å²) in [4.78, 5) is 57.6. The third-order valence-corrected chi connectivity index (χ3v) is 5.63. The second-order valence-electron chi connectivity index (χ2n) is 7.68. The number of para-hydroxylation sites is 1. The van der Waals surface area contributed by atoms with E-state index in [0.29, 0.717) is 10.9 Å². The van der Waals surface area contributed by atoms with Crippen LogP contribution in [0.2, 0.25) is 0 Å². The van der Waals surface area contributed by atoms with Crippen molar-refractivity contribution < 1.29 is 14.4 Å². The van der Waals surface area contributed by atoms with E-state index in [1.54, 1.807) is 12.1 Å². The van der Waals surface area contributed by atoms with Gasteiger partial charge < -0.3 is 4.90 Å². The fourth-order valence-corrected chi connectivity index (χ4v) is 3.78. The van der Waals surface area contributed by atoms with E-state index in [0.717, 1.165) is 11.1 Å². The SMILES string of the molecule is Cc1cccc2c(=O)n(CC(=O)N(C)[C@H]3CC(=O)N(Cc4ccccc4)C3=O)cnc12. The number of amides is 3. The zero-order chi connectivity index (χ0) is 22.1. The summed E-state index contributed by atoms with van der Waals surface area (Å²) in [5, 5.41) is 0.430. The zero-order valence-corrected chi connectivity index (χ0v) is 17.3. The number of benzene rings is 2. The number of aryl methyl sites for hydroxylation is 1. The molecule has 0 N–H and O–H groups in total. The molecule has 1 aliphatic heterocycles. The third kappa shape index (κ3) is 3.84. The molecule has 1 fully saturated rings. The van der Waals surface area contributed by atoms with E-state index in [2.05, 4.69) is 4.98 Å². The standard InChI is InChI=1S/C23H22N4O4/c1-15-7-6-10-17-21(15)24-14-26(22(17)30)13-20(29)25(2)18-11-19(28)27(23(18)31)12-16-8-4-3-5-9-16/h3-10,14,18H,11-13H2,1-2H3/t18-/m0/s1. The van der Waals surface area contributed by atoms with Gasteiger partial charge in [-0.3, -0.25) is 28.6 Å².